The van der Waals surface area contributed by atoms with Crippen LogP contribution in [0, 0.1) is 0 Å². The van der Waals surface area contributed by atoms with E-state index in [1.54, 1.807) is 11.3 Å². The van der Waals surface area contributed by atoms with Gasteiger partial charge in [-0.25, -0.2) is 4.39 Å². The third kappa shape index (κ3) is 2.76. The molecule has 2 heterocycles. The predicted molar refractivity (Wildman–Crippen MR) is 88.2 cm³/mol. The summed E-state index contributed by atoms with van der Waals surface area (Å²) < 4.78 is 27.2. The minimum absolute atomic E-state index is 0.222. The van der Waals surface area contributed by atoms with Crippen molar-refractivity contribution in [3.63, 3.8) is 0 Å². The second-order valence-electron chi connectivity index (χ2n) is 6.81. The van der Waals surface area contributed by atoms with Crippen molar-refractivity contribution in [3.8, 4) is 0 Å². The largest absolute Gasteiger partial charge is 0.525 e. The van der Waals surface area contributed by atoms with Crippen molar-refractivity contribution in [2.45, 2.75) is 57.7 Å². The van der Waals surface area contributed by atoms with Crippen molar-refractivity contribution in [2.75, 3.05) is 0 Å². The Balaban J connectivity index is 1.69. The van der Waals surface area contributed by atoms with Crippen LogP contribution in [0.2, 0.25) is 0 Å². The highest BCUT2D eigenvalue weighted by atomic mass is 79.9. The van der Waals surface area contributed by atoms with Gasteiger partial charge in [-0.2, -0.15) is 0 Å². The molecular formula is C15H19BBrFO2S. The van der Waals surface area contributed by atoms with Crippen molar-refractivity contribution >= 4 is 34.4 Å². The fraction of sp³-hybridized carbons (Fsp3) is 0.600. The molecule has 0 aromatic carbocycles. The van der Waals surface area contributed by atoms with Gasteiger partial charge in [0.1, 0.15) is 5.73 Å². The summed E-state index contributed by atoms with van der Waals surface area (Å²) in [6.07, 6.45) is 1.53. The summed E-state index contributed by atoms with van der Waals surface area (Å²) in [5.41, 5.74) is -0.363. The summed E-state index contributed by atoms with van der Waals surface area (Å²) in [6.45, 7) is 7.77. The molecule has 1 aromatic heterocycles. The lowest BCUT2D eigenvalue weighted by Gasteiger charge is -2.32. The second-order valence-corrected chi connectivity index (χ2v) is 8.67. The molecule has 0 unspecified atom stereocenters. The quantitative estimate of drug-likeness (QED) is 0.660. The smallest absolute Gasteiger partial charge is 0.398 e. The molecule has 21 heavy (non-hydrogen) atoms. The third-order valence-corrected chi connectivity index (χ3v) is 6.63. The van der Waals surface area contributed by atoms with Gasteiger partial charge in [0.25, 0.3) is 0 Å². The summed E-state index contributed by atoms with van der Waals surface area (Å²) >= 11 is 5.19. The first-order valence-corrected chi connectivity index (χ1v) is 8.84. The Morgan fingerprint density at radius 2 is 1.86 bits per heavy atom. The number of halogens is 2. The van der Waals surface area contributed by atoms with E-state index in [1.807, 2.05) is 27.7 Å². The van der Waals surface area contributed by atoms with Crippen molar-refractivity contribution in [2.24, 2.45) is 0 Å². The van der Waals surface area contributed by atoms with E-state index in [1.165, 1.54) is 4.88 Å². The molecule has 1 saturated carbocycles. The lowest BCUT2D eigenvalue weighted by atomic mass is 9.72. The SMILES string of the molecule is CC1(C)OB(C(F)=C2CC(c3cc(Br)cs3)C2)OC1(C)C. The number of allylic oxidation sites excluding steroid dienone is 1. The van der Waals surface area contributed by atoms with Crippen LogP contribution in [-0.4, -0.2) is 18.3 Å². The van der Waals surface area contributed by atoms with E-state index in [2.05, 4.69) is 27.4 Å². The van der Waals surface area contributed by atoms with Gasteiger partial charge in [-0.05, 0) is 68.1 Å². The molecule has 6 heteroatoms. The van der Waals surface area contributed by atoms with Crippen molar-refractivity contribution < 1.29 is 13.7 Å². The monoisotopic (exact) mass is 372 g/mol. The maximum atomic E-state index is 14.6. The van der Waals surface area contributed by atoms with Crippen LogP contribution in [0.5, 0.6) is 0 Å². The van der Waals surface area contributed by atoms with Crippen molar-refractivity contribution in [1.82, 2.24) is 0 Å². The van der Waals surface area contributed by atoms with Gasteiger partial charge in [-0.15, -0.1) is 11.3 Å². The average Bonchev–Trinajstić information content (AvgIpc) is 2.79. The predicted octanol–water partition coefficient (Wildman–Crippen LogP) is 5.24. The number of hydrogen-bond donors (Lipinski definition) is 0. The number of thiophene rings is 1. The summed E-state index contributed by atoms with van der Waals surface area (Å²) in [4.78, 5) is 1.31. The van der Waals surface area contributed by atoms with E-state index < -0.39 is 18.3 Å². The molecule has 0 bridgehead atoms. The van der Waals surface area contributed by atoms with E-state index in [9.17, 15) is 4.39 Å². The first kappa shape index (κ1) is 15.7. The van der Waals surface area contributed by atoms with Crippen molar-refractivity contribution in [1.29, 1.82) is 0 Å². The van der Waals surface area contributed by atoms with E-state index in [0.717, 1.165) is 22.9 Å². The van der Waals surface area contributed by atoms with E-state index >= 15 is 0 Å². The highest BCUT2D eigenvalue weighted by Crippen LogP contribution is 2.48. The van der Waals surface area contributed by atoms with Gasteiger partial charge in [0.2, 0.25) is 0 Å². The van der Waals surface area contributed by atoms with Gasteiger partial charge in [0.15, 0.2) is 0 Å². The van der Waals surface area contributed by atoms with E-state index in [-0.39, 0.29) is 5.73 Å². The van der Waals surface area contributed by atoms with E-state index in [4.69, 9.17) is 9.31 Å². The van der Waals surface area contributed by atoms with Gasteiger partial charge in [0.05, 0.1) is 11.2 Å². The summed E-state index contributed by atoms with van der Waals surface area (Å²) in [6, 6.07) is 2.12. The van der Waals surface area contributed by atoms with Gasteiger partial charge in [-0.3, -0.25) is 0 Å². The minimum Gasteiger partial charge on any atom is -0.398 e. The Kier molecular flexibility index (Phi) is 3.88. The molecule has 1 saturated heterocycles. The van der Waals surface area contributed by atoms with Crippen LogP contribution >= 0.6 is 27.3 Å². The first-order chi connectivity index (χ1) is 9.69. The highest BCUT2D eigenvalue weighted by molar-refractivity contribution is 9.10. The molecule has 114 valence electrons. The van der Waals surface area contributed by atoms with Crippen LogP contribution in [0.4, 0.5) is 4.39 Å². The molecule has 1 aliphatic carbocycles. The van der Waals surface area contributed by atoms with Crippen LogP contribution in [0.15, 0.2) is 27.2 Å². The molecule has 0 spiro atoms. The maximum Gasteiger partial charge on any atom is 0.525 e. The lowest BCUT2D eigenvalue weighted by Crippen LogP contribution is -2.41. The van der Waals surface area contributed by atoms with Crippen LogP contribution in [-0.2, 0) is 9.31 Å². The molecule has 2 aliphatic rings. The minimum atomic E-state index is -0.846. The Bertz CT molecular complexity index is 572. The Hall–Kier alpha value is -0.165. The molecule has 1 aromatic rings. The molecular weight excluding hydrogens is 354 g/mol. The Morgan fingerprint density at radius 3 is 2.33 bits per heavy atom. The molecule has 1 aliphatic heterocycles. The summed E-state index contributed by atoms with van der Waals surface area (Å²) in [7, 11) is -0.846. The molecule has 0 N–H and O–H groups in total. The normalized spacial score (nSPS) is 26.9. The average molecular weight is 373 g/mol. The van der Waals surface area contributed by atoms with Gasteiger partial charge >= 0.3 is 7.12 Å². The van der Waals surface area contributed by atoms with Crippen molar-refractivity contribution in [3.05, 3.63) is 32.1 Å². The maximum absolute atomic E-state index is 14.6. The van der Waals surface area contributed by atoms with Gasteiger partial charge in [0, 0.05) is 20.6 Å². The zero-order valence-corrected chi connectivity index (χ0v) is 15.1. The van der Waals surface area contributed by atoms with Crippen LogP contribution in [0.1, 0.15) is 51.3 Å². The first-order valence-electron chi connectivity index (χ1n) is 7.16. The fourth-order valence-corrected chi connectivity index (χ4v) is 4.14. The third-order valence-electron chi connectivity index (χ3n) is 4.77. The summed E-state index contributed by atoms with van der Waals surface area (Å²) in [5.74, 6) is 0.435. The molecule has 0 atom stereocenters. The summed E-state index contributed by atoms with van der Waals surface area (Å²) in [5, 5.41) is 2.07. The van der Waals surface area contributed by atoms with Crippen LogP contribution in [0.3, 0.4) is 0 Å². The lowest BCUT2D eigenvalue weighted by molar-refractivity contribution is 0.00578. The van der Waals surface area contributed by atoms with Gasteiger partial charge < -0.3 is 9.31 Å². The second kappa shape index (κ2) is 5.19. The number of rotatable bonds is 2. The van der Waals surface area contributed by atoms with Crippen LogP contribution < -0.4 is 0 Å². The standard InChI is InChI=1S/C15H19BBrFO2S/c1-14(2)15(3,4)20-16(19-14)13(18)10-5-9(6-10)12-7-11(17)8-21-12/h7-9H,5-6H2,1-4H3. The fourth-order valence-electron chi connectivity index (χ4n) is 2.59. The Labute approximate surface area is 138 Å². The number of hydrogen-bond acceptors (Lipinski definition) is 3. The molecule has 0 radical (unpaired) electrons. The highest BCUT2D eigenvalue weighted by Gasteiger charge is 2.54. The Morgan fingerprint density at radius 1 is 1.29 bits per heavy atom. The van der Waals surface area contributed by atoms with Crippen LogP contribution in [0.25, 0.3) is 0 Å². The molecule has 2 nitrogen and oxygen atoms in total. The van der Waals surface area contributed by atoms with E-state index in [0.29, 0.717) is 5.92 Å². The molecule has 0 amide bonds. The van der Waals surface area contributed by atoms with Gasteiger partial charge in [-0.1, -0.05) is 0 Å². The molecule has 3 rings (SSSR count). The zero-order valence-electron chi connectivity index (χ0n) is 12.7. The topological polar surface area (TPSA) is 18.5 Å². The zero-order chi connectivity index (χ0) is 15.4. The molecule has 2 fully saturated rings.